The normalized spacial score (nSPS) is 30.3. The Hall–Kier alpha value is -1.96. The van der Waals surface area contributed by atoms with Crippen molar-refractivity contribution in [2.45, 2.75) is 76.7 Å². The molecule has 4 N–H and O–H groups in total. The van der Waals surface area contributed by atoms with Gasteiger partial charge in [0.05, 0.1) is 19.8 Å². The Bertz CT molecular complexity index is 904. The minimum Gasteiger partial charge on any atom is -0.410 e. The number of amides is 1. The number of unbranched alkanes of at least 4 members (excludes halogenated alkanes) is 1. The first-order valence-corrected chi connectivity index (χ1v) is 12.8. The third-order valence-corrected chi connectivity index (χ3v) is 9.00. The van der Waals surface area contributed by atoms with Crippen molar-refractivity contribution in [2.24, 2.45) is 23.2 Å². The van der Waals surface area contributed by atoms with E-state index in [1.807, 2.05) is 6.07 Å². The van der Waals surface area contributed by atoms with Gasteiger partial charge < -0.3 is 25.4 Å². The highest BCUT2D eigenvalue weighted by Gasteiger charge is 2.56. The lowest BCUT2D eigenvalue weighted by Gasteiger charge is -2.51. The van der Waals surface area contributed by atoms with Crippen LogP contribution < -0.4 is 10.1 Å². The fraction of sp³-hybridized carbons (Fsp3) is 0.704. The van der Waals surface area contributed by atoms with Gasteiger partial charge in [-0.1, -0.05) is 32.8 Å². The van der Waals surface area contributed by atoms with Crippen LogP contribution in [0.2, 0.25) is 0 Å². The number of aliphatic hydroxyl groups excluding tert-OH is 3. The summed E-state index contributed by atoms with van der Waals surface area (Å²) in [6.45, 7) is 2.60. The number of Topliss-reactive ketones (excluding diaryl/α,β-unsaturated/α-hetero) is 1. The first-order valence-electron chi connectivity index (χ1n) is 12.8. The summed E-state index contributed by atoms with van der Waals surface area (Å²) in [6, 6.07) is 5.81. The topological polar surface area (TPSA) is 116 Å². The standard InChI is InChI=1S/C27H39NO6/c1-3-4-5-17-12-18-13-19(34-25(33)28-27(14-29,15-30)16-31)6-7-20(18)21-10-11-26(2)22(24(17)21)8-9-23(26)32/h6-7,13,17,21-22,24,29-31H,3-5,8-12,14-16H2,1-2H3,(H,28,33)/t17-,21-,22+,24-,26+/m1/s1. The van der Waals surface area contributed by atoms with Crippen molar-refractivity contribution in [2.75, 3.05) is 19.8 Å². The maximum atomic E-state index is 12.8. The van der Waals surface area contributed by atoms with Crippen LogP contribution >= 0.6 is 0 Å². The molecule has 2 fully saturated rings. The fourth-order valence-electron chi connectivity index (χ4n) is 6.97. The van der Waals surface area contributed by atoms with Crippen LogP contribution in [0, 0.1) is 23.2 Å². The Kier molecular flexibility index (Phi) is 7.36. The van der Waals surface area contributed by atoms with Crippen LogP contribution in [0.4, 0.5) is 4.79 Å². The fourth-order valence-corrected chi connectivity index (χ4v) is 6.97. The zero-order valence-electron chi connectivity index (χ0n) is 20.4. The number of hydrogen-bond donors (Lipinski definition) is 4. The van der Waals surface area contributed by atoms with Gasteiger partial charge in [0.2, 0.25) is 0 Å². The number of rotatable bonds is 8. The van der Waals surface area contributed by atoms with E-state index in [-0.39, 0.29) is 5.41 Å². The van der Waals surface area contributed by atoms with Crippen molar-refractivity contribution in [3.05, 3.63) is 29.3 Å². The smallest absolute Gasteiger partial charge is 0.410 e. The second-order valence-corrected chi connectivity index (χ2v) is 10.9. The molecule has 4 rings (SSSR count). The minimum absolute atomic E-state index is 0.164. The zero-order valence-corrected chi connectivity index (χ0v) is 20.4. The predicted molar refractivity (Wildman–Crippen MR) is 128 cm³/mol. The van der Waals surface area contributed by atoms with Crippen LogP contribution in [0.1, 0.15) is 75.8 Å². The van der Waals surface area contributed by atoms with Gasteiger partial charge in [-0.2, -0.15) is 0 Å². The summed E-state index contributed by atoms with van der Waals surface area (Å²) in [5.41, 5.74) is 0.834. The van der Waals surface area contributed by atoms with E-state index >= 15 is 0 Å². The number of ketones is 1. The monoisotopic (exact) mass is 473 g/mol. The molecule has 0 saturated heterocycles. The highest BCUT2D eigenvalue weighted by Crippen LogP contribution is 2.61. The van der Waals surface area contributed by atoms with E-state index in [0.717, 1.165) is 44.9 Å². The van der Waals surface area contributed by atoms with E-state index in [9.17, 15) is 24.9 Å². The number of carbonyl (C=O) groups is 2. The number of aliphatic hydroxyl groups is 3. The molecular formula is C27H39NO6. The molecule has 0 bridgehead atoms. The van der Waals surface area contributed by atoms with Crippen LogP contribution in [-0.2, 0) is 11.2 Å². The van der Waals surface area contributed by atoms with Crippen molar-refractivity contribution in [1.82, 2.24) is 5.32 Å². The molecule has 3 aliphatic rings. The van der Waals surface area contributed by atoms with Gasteiger partial charge in [0.15, 0.2) is 0 Å². The summed E-state index contributed by atoms with van der Waals surface area (Å²) in [6.07, 6.45) is 7.26. The molecule has 0 unspecified atom stereocenters. The van der Waals surface area contributed by atoms with Crippen LogP contribution in [0.15, 0.2) is 18.2 Å². The van der Waals surface area contributed by atoms with Crippen molar-refractivity contribution >= 4 is 11.9 Å². The average molecular weight is 474 g/mol. The van der Waals surface area contributed by atoms with Crippen LogP contribution in [0.5, 0.6) is 5.75 Å². The number of ether oxygens (including phenoxy) is 1. The number of benzene rings is 1. The number of carbonyl (C=O) groups excluding carboxylic acids is 2. The highest BCUT2D eigenvalue weighted by atomic mass is 16.6. The first kappa shape index (κ1) is 25.1. The van der Waals surface area contributed by atoms with E-state index < -0.39 is 31.5 Å². The number of nitrogens with one attached hydrogen (secondary N) is 1. The van der Waals surface area contributed by atoms with E-state index in [2.05, 4.69) is 25.2 Å². The summed E-state index contributed by atoms with van der Waals surface area (Å²) in [7, 11) is 0. The van der Waals surface area contributed by atoms with Gasteiger partial charge in [-0.05, 0) is 79.0 Å². The molecule has 1 aromatic rings. The zero-order chi connectivity index (χ0) is 24.5. The van der Waals surface area contributed by atoms with E-state index in [1.54, 1.807) is 6.07 Å². The van der Waals surface area contributed by atoms with E-state index in [4.69, 9.17) is 4.74 Å². The second kappa shape index (κ2) is 9.96. The van der Waals surface area contributed by atoms with Crippen LogP contribution in [-0.4, -0.2) is 52.6 Å². The Labute approximate surface area is 201 Å². The van der Waals surface area contributed by atoms with Crippen molar-refractivity contribution < 1.29 is 29.6 Å². The number of hydrogen-bond acceptors (Lipinski definition) is 6. The number of fused-ring (bicyclic) bond motifs is 5. The molecule has 7 heteroatoms. The first-order chi connectivity index (χ1) is 16.3. The Morgan fingerprint density at radius 1 is 1.21 bits per heavy atom. The molecule has 3 aliphatic carbocycles. The lowest BCUT2D eigenvalue weighted by atomic mass is 9.52. The quantitative estimate of drug-likeness (QED) is 0.460. The molecule has 0 heterocycles. The summed E-state index contributed by atoms with van der Waals surface area (Å²) in [5.74, 6) is 2.79. The molecule has 188 valence electrons. The summed E-state index contributed by atoms with van der Waals surface area (Å²) in [4.78, 5) is 25.2. The molecule has 34 heavy (non-hydrogen) atoms. The van der Waals surface area contributed by atoms with Crippen LogP contribution in [0.3, 0.4) is 0 Å². The molecule has 0 radical (unpaired) electrons. The van der Waals surface area contributed by atoms with Gasteiger partial charge in [0.25, 0.3) is 0 Å². The van der Waals surface area contributed by atoms with Gasteiger partial charge in [-0.25, -0.2) is 4.79 Å². The van der Waals surface area contributed by atoms with Crippen molar-refractivity contribution in [3.63, 3.8) is 0 Å². The molecule has 5 atom stereocenters. The van der Waals surface area contributed by atoms with Crippen LogP contribution in [0.25, 0.3) is 0 Å². The molecular weight excluding hydrogens is 434 g/mol. The summed E-state index contributed by atoms with van der Waals surface area (Å²) >= 11 is 0. The molecule has 0 aromatic heterocycles. The van der Waals surface area contributed by atoms with Gasteiger partial charge in [-0.15, -0.1) is 0 Å². The molecule has 1 aromatic carbocycles. The largest absolute Gasteiger partial charge is 0.413 e. The Balaban J connectivity index is 1.57. The van der Waals surface area contributed by atoms with E-state index in [1.165, 1.54) is 17.5 Å². The molecule has 2 saturated carbocycles. The van der Waals surface area contributed by atoms with Crippen molar-refractivity contribution in [1.29, 1.82) is 0 Å². The third-order valence-electron chi connectivity index (χ3n) is 9.00. The van der Waals surface area contributed by atoms with E-state index in [0.29, 0.717) is 35.2 Å². The maximum absolute atomic E-state index is 12.8. The molecule has 0 spiro atoms. The Morgan fingerprint density at radius 2 is 1.94 bits per heavy atom. The van der Waals surface area contributed by atoms with Gasteiger partial charge in [0.1, 0.15) is 17.1 Å². The lowest BCUT2D eigenvalue weighted by molar-refractivity contribution is -0.130. The highest BCUT2D eigenvalue weighted by molar-refractivity contribution is 5.87. The Morgan fingerprint density at radius 3 is 2.62 bits per heavy atom. The minimum atomic E-state index is -1.53. The molecule has 7 nitrogen and oxygen atoms in total. The second-order valence-electron chi connectivity index (χ2n) is 10.9. The SMILES string of the molecule is CCCC[C@@H]1Cc2cc(OC(=O)NC(CO)(CO)CO)ccc2[C@H]2CC[C@]3(C)C(=O)CC[C@H]3[C@H]12. The predicted octanol–water partition coefficient (Wildman–Crippen LogP) is 3.33. The van der Waals surface area contributed by atoms with Gasteiger partial charge >= 0.3 is 6.09 Å². The third kappa shape index (κ3) is 4.38. The van der Waals surface area contributed by atoms with Crippen molar-refractivity contribution in [3.8, 4) is 5.75 Å². The summed E-state index contributed by atoms with van der Waals surface area (Å²) < 4.78 is 5.47. The van der Waals surface area contributed by atoms with Gasteiger partial charge in [0, 0.05) is 11.8 Å². The maximum Gasteiger partial charge on any atom is 0.413 e. The summed E-state index contributed by atoms with van der Waals surface area (Å²) in [5, 5.41) is 30.7. The average Bonchev–Trinajstić information content (AvgIpc) is 3.15. The molecule has 1 amide bonds. The van der Waals surface area contributed by atoms with Gasteiger partial charge in [-0.3, -0.25) is 4.79 Å². The molecule has 0 aliphatic heterocycles. The lowest BCUT2D eigenvalue weighted by Crippen LogP contribution is -2.57.